The fourth-order valence-electron chi connectivity index (χ4n) is 3.36. The fourth-order valence-corrected chi connectivity index (χ4v) is 3.36. The van der Waals surface area contributed by atoms with Crippen molar-refractivity contribution in [1.29, 1.82) is 5.26 Å². The van der Waals surface area contributed by atoms with Crippen molar-refractivity contribution in [3.05, 3.63) is 54.4 Å². The zero-order valence-corrected chi connectivity index (χ0v) is 23.0. The van der Waals surface area contributed by atoms with Gasteiger partial charge >= 0.3 is 0 Å². The molecule has 1 atom stereocenters. The molecule has 1 unspecified atom stereocenters. The summed E-state index contributed by atoms with van der Waals surface area (Å²) in [5, 5.41) is 12.7. The minimum Gasteiger partial charge on any atom is -0.493 e. The summed E-state index contributed by atoms with van der Waals surface area (Å²) in [5.74, 6) is 1.31. The SMILES string of the molecule is C=C(C)OC(C)(C)C.CC.CCCCC(CC)Nc1nc(-c2cnc3ccc(F)cn23)ncc1C#N. The van der Waals surface area contributed by atoms with E-state index in [1.807, 2.05) is 41.5 Å². The van der Waals surface area contributed by atoms with Crippen molar-refractivity contribution < 1.29 is 9.13 Å². The van der Waals surface area contributed by atoms with Gasteiger partial charge in [0.05, 0.1) is 18.2 Å². The van der Waals surface area contributed by atoms with E-state index < -0.39 is 0 Å². The van der Waals surface area contributed by atoms with E-state index in [-0.39, 0.29) is 17.5 Å². The Morgan fingerprint density at radius 3 is 2.44 bits per heavy atom. The van der Waals surface area contributed by atoms with E-state index in [9.17, 15) is 9.65 Å². The predicted octanol–water partition coefficient (Wildman–Crippen LogP) is 7.54. The second-order valence-corrected chi connectivity index (χ2v) is 9.09. The Balaban J connectivity index is 0.000000554. The van der Waals surface area contributed by atoms with Crippen molar-refractivity contribution in [2.75, 3.05) is 5.32 Å². The van der Waals surface area contributed by atoms with Gasteiger partial charge in [-0.1, -0.05) is 47.1 Å². The number of pyridine rings is 1. The van der Waals surface area contributed by atoms with Crippen LogP contribution in [-0.2, 0) is 4.74 Å². The molecule has 36 heavy (non-hydrogen) atoms. The maximum Gasteiger partial charge on any atom is 0.180 e. The number of ether oxygens (including phenoxy) is 1. The van der Waals surface area contributed by atoms with Gasteiger partial charge in [0.25, 0.3) is 0 Å². The molecule has 0 amide bonds. The molecular weight excluding hydrogens is 455 g/mol. The van der Waals surface area contributed by atoms with Crippen LogP contribution in [0.25, 0.3) is 17.2 Å². The number of halogens is 1. The minimum atomic E-state index is -0.366. The average Bonchev–Trinajstić information content (AvgIpc) is 3.24. The van der Waals surface area contributed by atoms with Gasteiger partial charge in [0.2, 0.25) is 0 Å². The van der Waals surface area contributed by atoms with E-state index >= 15 is 0 Å². The lowest BCUT2D eigenvalue weighted by Gasteiger charge is -2.20. The molecule has 0 aliphatic carbocycles. The van der Waals surface area contributed by atoms with Crippen LogP contribution in [0.3, 0.4) is 0 Å². The Kier molecular flexibility index (Phi) is 12.6. The van der Waals surface area contributed by atoms with E-state index in [0.29, 0.717) is 28.5 Å². The number of imidazole rings is 1. The van der Waals surface area contributed by atoms with Gasteiger partial charge in [-0.05, 0) is 52.7 Å². The van der Waals surface area contributed by atoms with Gasteiger partial charge in [0, 0.05) is 12.2 Å². The molecule has 7 nitrogen and oxygen atoms in total. The van der Waals surface area contributed by atoms with Gasteiger partial charge in [-0.3, -0.25) is 4.40 Å². The van der Waals surface area contributed by atoms with Gasteiger partial charge in [0.15, 0.2) is 5.82 Å². The molecule has 0 aromatic carbocycles. The first kappa shape index (κ1) is 30.6. The molecule has 0 saturated carbocycles. The summed E-state index contributed by atoms with van der Waals surface area (Å²) in [5.41, 5.74) is 1.50. The van der Waals surface area contributed by atoms with Crippen LogP contribution < -0.4 is 5.32 Å². The molecule has 3 rings (SSSR count). The number of nitriles is 1. The molecule has 196 valence electrons. The molecule has 0 fully saturated rings. The van der Waals surface area contributed by atoms with E-state index in [1.54, 1.807) is 16.7 Å². The van der Waals surface area contributed by atoms with Crippen LogP contribution in [0.2, 0.25) is 0 Å². The summed E-state index contributed by atoms with van der Waals surface area (Å²) in [7, 11) is 0. The lowest BCUT2D eigenvalue weighted by molar-refractivity contribution is 0.0544. The summed E-state index contributed by atoms with van der Waals surface area (Å²) in [6.07, 6.45) is 8.62. The van der Waals surface area contributed by atoms with Gasteiger partial charge in [-0.2, -0.15) is 5.26 Å². The Morgan fingerprint density at radius 2 is 1.92 bits per heavy atom. The number of hydrogen-bond donors (Lipinski definition) is 1. The van der Waals surface area contributed by atoms with E-state index in [0.717, 1.165) is 31.4 Å². The lowest BCUT2D eigenvalue weighted by atomic mass is 10.1. The van der Waals surface area contributed by atoms with Crippen LogP contribution >= 0.6 is 0 Å². The highest BCUT2D eigenvalue weighted by atomic mass is 19.1. The highest BCUT2D eigenvalue weighted by Gasteiger charge is 2.15. The normalized spacial score (nSPS) is 11.3. The molecule has 1 N–H and O–H groups in total. The summed E-state index contributed by atoms with van der Waals surface area (Å²) < 4.78 is 20.4. The van der Waals surface area contributed by atoms with Crippen LogP contribution in [0.15, 0.2) is 43.1 Å². The number of nitrogens with one attached hydrogen (secondary N) is 1. The number of anilines is 1. The zero-order valence-electron chi connectivity index (χ0n) is 23.0. The second kappa shape index (κ2) is 14.8. The molecule has 0 saturated heterocycles. The molecule has 0 aliphatic heterocycles. The number of unbranched alkanes of at least 4 members (excludes halogenated alkanes) is 1. The summed E-state index contributed by atoms with van der Waals surface area (Å²) in [4.78, 5) is 13.1. The Labute approximate surface area is 215 Å². The first-order chi connectivity index (χ1) is 17.1. The third kappa shape index (κ3) is 9.65. The molecule has 0 spiro atoms. The van der Waals surface area contributed by atoms with Crippen molar-refractivity contribution in [3.8, 4) is 17.6 Å². The minimum absolute atomic E-state index is 0.0775. The van der Waals surface area contributed by atoms with Gasteiger partial charge in [0.1, 0.15) is 40.2 Å². The number of aromatic nitrogens is 4. The number of nitrogens with zero attached hydrogens (tertiary/aromatic N) is 5. The maximum absolute atomic E-state index is 13.6. The van der Waals surface area contributed by atoms with Crippen LogP contribution in [-0.4, -0.2) is 31.0 Å². The van der Waals surface area contributed by atoms with E-state index in [2.05, 4.69) is 46.8 Å². The second-order valence-electron chi connectivity index (χ2n) is 9.09. The quantitative estimate of drug-likeness (QED) is 0.324. The van der Waals surface area contributed by atoms with E-state index in [1.165, 1.54) is 18.5 Å². The monoisotopic (exact) mass is 496 g/mol. The smallest absolute Gasteiger partial charge is 0.180 e. The topological polar surface area (TPSA) is 88.1 Å². The molecule has 8 heteroatoms. The van der Waals surface area contributed by atoms with Gasteiger partial charge < -0.3 is 10.1 Å². The summed E-state index contributed by atoms with van der Waals surface area (Å²) in [6.45, 7) is 19.7. The van der Waals surface area contributed by atoms with Crippen molar-refractivity contribution in [2.24, 2.45) is 0 Å². The maximum atomic E-state index is 13.6. The van der Waals surface area contributed by atoms with Gasteiger partial charge in [-0.25, -0.2) is 19.3 Å². The van der Waals surface area contributed by atoms with Gasteiger partial charge in [-0.15, -0.1) is 0 Å². The first-order valence-electron chi connectivity index (χ1n) is 12.6. The van der Waals surface area contributed by atoms with Crippen molar-refractivity contribution in [3.63, 3.8) is 0 Å². The fraction of sp³-hybridized carbons (Fsp3) is 0.500. The Hall–Kier alpha value is -3.47. The first-order valence-corrected chi connectivity index (χ1v) is 12.6. The number of rotatable bonds is 8. The third-order valence-electron chi connectivity index (χ3n) is 4.83. The molecule has 0 radical (unpaired) electrons. The van der Waals surface area contributed by atoms with Crippen LogP contribution in [0.5, 0.6) is 0 Å². The molecule has 3 heterocycles. The summed E-state index contributed by atoms with van der Waals surface area (Å²) >= 11 is 0. The number of fused-ring (bicyclic) bond motifs is 1. The van der Waals surface area contributed by atoms with Crippen molar-refractivity contribution in [1.82, 2.24) is 19.4 Å². The Morgan fingerprint density at radius 1 is 1.22 bits per heavy atom. The highest BCUT2D eigenvalue weighted by Crippen LogP contribution is 2.22. The predicted molar refractivity (Wildman–Crippen MR) is 145 cm³/mol. The van der Waals surface area contributed by atoms with Crippen LogP contribution in [0.1, 0.15) is 86.6 Å². The Bertz CT molecular complexity index is 1140. The third-order valence-corrected chi connectivity index (χ3v) is 4.83. The lowest BCUT2D eigenvalue weighted by Crippen LogP contribution is -2.20. The van der Waals surface area contributed by atoms with Crippen LogP contribution in [0, 0.1) is 17.1 Å². The van der Waals surface area contributed by atoms with Crippen LogP contribution in [0.4, 0.5) is 10.2 Å². The molecule has 3 aromatic rings. The van der Waals surface area contributed by atoms with E-state index in [4.69, 9.17) is 4.74 Å². The zero-order chi connectivity index (χ0) is 27.3. The van der Waals surface area contributed by atoms with Crippen molar-refractivity contribution in [2.45, 2.75) is 92.7 Å². The average molecular weight is 497 g/mol. The standard InChI is InChI=1S/C19H21FN6.C7H14O.C2H6/c1-3-5-6-15(4-2)24-18-13(9-21)10-23-19(25-18)16-11-22-17-8-7-14(20)12-26(16)17;1-6(2)8-7(3,4)5;1-2/h7-8,10-12,15H,3-6H2,1-2H3,(H,23,24,25);1H2,2-5H3;1-2H3. The number of hydrogen-bond acceptors (Lipinski definition) is 6. The molecule has 0 bridgehead atoms. The molecule has 0 aliphatic rings. The van der Waals surface area contributed by atoms with Crippen molar-refractivity contribution >= 4 is 11.5 Å². The highest BCUT2D eigenvalue weighted by molar-refractivity contribution is 5.61. The summed E-state index contributed by atoms with van der Waals surface area (Å²) in [6, 6.07) is 5.33. The molecular formula is C28H41FN6O. The molecule has 3 aromatic heterocycles. The largest absolute Gasteiger partial charge is 0.493 e. The number of allylic oxidation sites excluding steroid dienone is 1.